The first-order chi connectivity index (χ1) is 7.91. The zero-order chi connectivity index (χ0) is 12.4. The maximum Gasteiger partial charge on any atom is 0.0753 e. The fourth-order valence-electron chi connectivity index (χ4n) is 5.40. The molecule has 0 aliphatic heterocycles. The number of hydrogen-bond donors (Lipinski definition) is 2. The second-order valence-electron chi connectivity index (χ2n) is 7.26. The van der Waals surface area contributed by atoms with E-state index >= 15 is 0 Å². The minimum Gasteiger partial charge on any atom is -0.396 e. The number of aliphatic hydroxyl groups is 2. The van der Waals surface area contributed by atoms with Crippen LogP contribution < -0.4 is 0 Å². The molecule has 3 saturated carbocycles. The summed E-state index contributed by atoms with van der Waals surface area (Å²) in [5.41, 5.74) is 1.46. The first kappa shape index (κ1) is 11.7. The molecule has 2 N–H and O–H groups in total. The van der Waals surface area contributed by atoms with E-state index < -0.39 is 0 Å². The lowest BCUT2D eigenvalue weighted by molar-refractivity contribution is 0.0559. The Morgan fingerprint density at radius 2 is 2.06 bits per heavy atom. The van der Waals surface area contributed by atoms with Crippen LogP contribution in [0.15, 0.2) is 12.2 Å². The van der Waals surface area contributed by atoms with E-state index in [0.29, 0.717) is 23.2 Å². The molecule has 3 aliphatic rings. The van der Waals surface area contributed by atoms with E-state index in [4.69, 9.17) is 0 Å². The van der Waals surface area contributed by atoms with Gasteiger partial charge in [-0.1, -0.05) is 20.4 Å². The minimum atomic E-state index is -0.293. The lowest BCUT2D eigenvalue weighted by atomic mass is 9.68. The minimum absolute atomic E-state index is 0.0428. The summed E-state index contributed by atoms with van der Waals surface area (Å²) in [5.74, 6) is 1.59. The molecule has 0 bridgehead atoms. The molecule has 3 aliphatic carbocycles. The highest BCUT2D eigenvalue weighted by Crippen LogP contribution is 2.69. The van der Waals surface area contributed by atoms with Crippen LogP contribution in [0.2, 0.25) is 0 Å². The Bertz CT molecular complexity index is 360. The maximum absolute atomic E-state index is 9.99. The van der Waals surface area contributed by atoms with Crippen LogP contribution in [-0.2, 0) is 0 Å². The van der Waals surface area contributed by atoms with Crippen LogP contribution in [0, 0.1) is 28.6 Å². The van der Waals surface area contributed by atoms with Crippen LogP contribution in [0.5, 0.6) is 0 Å². The lowest BCUT2D eigenvalue weighted by Crippen LogP contribution is -2.35. The Kier molecular flexibility index (Phi) is 2.32. The van der Waals surface area contributed by atoms with Gasteiger partial charge in [-0.05, 0) is 59.8 Å². The third-order valence-corrected chi connectivity index (χ3v) is 6.11. The van der Waals surface area contributed by atoms with Gasteiger partial charge in [0.25, 0.3) is 0 Å². The number of aliphatic hydroxyl groups excluding tert-OH is 2. The van der Waals surface area contributed by atoms with Gasteiger partial charge in [0.05, 0.1) is 6.10 Å². The van der Waals surface area contributed by atoms with Gasteiger partial charge in [-0.2, -0.15) is 0 Å². The summed E-state index contributed by atoms with van der Waals surface area (Å²) >= 11 is 0. The molecule has 0 radical (unpaired) electrons. The summed E-state index contributed by atoms with van der Waals surface area (Å²) in [5, 5.41) is 19.8. The molecule has 3 rings (SSSR count). The summed E-state index contributed by atoms with van der Waals surface area (Å²) < 4.78 is 0. The third kappa shape index (κ3) is 1.34. The monoisotopic (exact) mass is 236 g/mol. The Morgan fingerprint density at radius 3 is 2.71 bits per heavy atom. The van der Waals surface area contributed by atoms with Crippen molar-refractivity contribution in [2.75, 3.05) is 6.61 Å². The smallest absolute Gasteiger partial charge is 0.0753 e. The van der Waals surface area contributed by atoms with Gasteiger partial charge in [-0.3, -0.25) is 0 Å². The molecule has 2 heteroatoms. The topological polar surface area (TPSA) is 40.5 Å². The van der Waals surface area contributed by atoms with Crippen LogP contribution in [0.25, 0.3) is 0 Å². The Labute approximate surface area is 104 Å². The van der Waals surface area contributed by atoms with Crippen molar-refractivity contribution in [2.24, 2.45) is 28.6 Å². The van der Waals surface area contributed by atoms with Gasteiger partial charge in [0.1, 0.15) is 0 Å². The number of hydrogen-bond acceptors (Lipinski definition) is 2. The SMILES string of the molecule is C=C1[C@H]2[C@@H](C[C@@H]1O)C[C@]1(C)CC[C@](C)(CO)[C@H]21. The molecular weight excluding hydrogens is 212 g/mol. The molecule has 0 spiro atoms. The average Bonchev–Trinajstić information content (AvgIpc) is 2.80. The van der Waals surface area contributed by atoms with Gasteiger partial charge in [0.2, 0.25) is 0 Å². The molecule has 0 heterocycles. The van der Waals surface area contributed by atoms with E-state index in [2.05, 4.69) is 20.4 Å². The van der Waals surface area contributed by atoms with Gasteiger partial charge >= 0.3 is 0 Å². The molecule has 96 valence electrons. The van der Waals surface area contributed by atoms with Crippen LogP contribution in [-0.4, -0.2) is 22.9 Å². The zero-order valence-corrected chi connectivity index (χ0v) is 10.9. The molecule has 0 aromatic rings. The fourth-order valence-corrected chi connectivity index (χ4v) is 5.40. The average molecular weight is 236 g/mol. The first-order valence-electron chi connectivity index (χ1n) is 6.89. The fraction of sp³-hybridized carbons (Fsp3) is 0.867. The highest BCUT2D eigenvalue weighted by Gasteiger charge is 2.63. The van der Waals surface area contributed by atoms with Gasteiger partial charge < -0.3 is 10.2 Å². The van der Waals surface area contributed by atoms with Crippen LogP contribution in [0.1, 0.15) is 39.5 Å². The maximum atomic E-state index is 9.99. The molecule has 0 aromatic carbocycles. The summed E-state index contributed by atoms with van der Waals surface area (Å²) in [6, 6.07) is 0. The molecule has 0 saturated heterocycles. The van der Waals surface area contributed by atoms with E-state index in [1.54, 1.807) is 0 Å². The highest BCUT2D eigenvalue weighted by molar-refractivity contribution is 5.25. The molecule has 3 fully saturated rings. The summed E-state index contributed by atoms with van der Waals surface area (Å²) in [7, 11) is 0. The zero-order valence-electron chi connectivity index (χ0n) is 10.9. The highest BCUT2D eigenvalue weighted by atomic mass is 16.3. The quantitative estimate of drug-likeness (QED) is 0.686. The van der Waals surface area contributed by atoms with Crippen molar-refractivity contribution in [1.29, 1.82) is 0 Å². The van der Waals surface area contributed by atoms with Gasteiger partial charge in [-0.15, -0.1) is 0 Å². The van der Waals surface area contributed by atoms with E-state index in [1.165, 1.54) is 12.8 Å². The molecule has 2 nitrogen and oxygen atoms in total. The van der Waals surface area contributed by atoms with Crippen LogP contribution in [0.3, 0.4) is 0 Å². The molecule has 0 amide bonds. The normalized spacial score (nSPS) is 57.3. The van der Waals surface area contributed by atoms with Crippen LogP contribution >= 0.6 is 0 Å². The predicted octanol–water partition coefficient (Wildman–Crippen LogP) is 2.36. The number of fused-ring (bicyclic) bond motifs is 3. The summed E-state index contributed by atoms with van der Waals surface area (Å²) in [4.78, 5) is 0. The second-order valence-corrected chi connectivity index (χ2v) is 7.26. The van der Waals surface area contributed by atoms with E-state index in [9.17, 15) is 10.2 Å². The summed E-state index contributed by atoms with van der Waals surface area (Å²) in [6.07, 6.45) is 4.17. The first-order valence-corrected chi connectivity index (χ1v) is 6.89. The molecular formula is C15H24O2. The second kappa shape index (κ2) is 3.36. The Hall–Kier alpha value is -0.340. The van der Waals surface area contributed by atoms with Crippen molar-refractivity contribution >= 4 is 0 Å². The van der Waals surface area contributed by atoms with Crippen molar-refractivity contribution in [3.63, 3.8) is 0 Å². The Balaban J connectivity index is 2.00. The lowest BCUT2D eigenvalue weighted by Gasteiger charge is -2.37. The summed E-state index contributed by atoms with van der Waals surface area (Å²) in [6.45, 7) is 9.03. The van der Waals surface area contributed by atoms with E-state index in [-0.39, 0.29) is 18.1 Å². The number of rotatable bonds is 1. The van der Waals surface area contributed by atoms with Crippen molar-refractivity contribution < 1.29 is 10.2 Å². The van der Waals surface area contributed by atoms with Gasteiger partial charge in [0.15, 0.2) is 0 Å². The predicted molar refractivity (Wildman–Crippen MR) is 67.4 cm³/mol. The van der Waals surface area contributed by atoms with Gasteiger partial charge in [0, 0.05) is 6.61 Å². The standard InChI is InChI=1S/C15H24O2/c1-9-11(17)6-10-7-14(2)4-5-15(3,8-16)13(14)12(9)10/h10-13,16-17H,1,4-8H2,2-3H3/t10-,11-,12-,13+,14-,15+/m0/s1. The molecule has 6 atom stereocenters. The van der Waals surface area contributed by atoms with Gasteiger partial charge in [-0.25, -0.2) is 0 Å². The van der Waals surface area contributed by atoms with Crippen molar-refractivity contribution in [3.05, 3.63) is 12.2 Å². The third-order valence-electron chi connectivity index (χ3n) is 6.11. The van der Waals surface area contributed by atoms with E-state index in [1.807, 2.05) is 0 Å². The molecule has 17 heavy (non-hydrogen) atoms. The van der Waals surface area contributed by atoms with E-state index in [0.717, 1.165) is 18.4 Å². The van der Waals surface area contributed by atoms with Crippen molar-refractivity contribution in [1.82, 2.24) is 0 Å². The largest absolute Gasteiger partial charge is 0.396 e. The van der Waals surface area contributed by atoms with Crippen molar-refractivity contribution in [3.8, 4) is 0 Å². The Morgan fingerprint density at radius 1 is 1.35 bits per heavy atom. The van der Waals surface area contributed by atoms with Crippen molar-refractivity contribution in [2.45, 2.75) is 45.6 Å². The molecule has 0 aromatic heterocycles. The van der Waals surface area contributed by atoms with Crippen LogP contribution in [0.4, 0.5) is 0 Å². The molecule has 0 unspecified atom stereocenters.